The normalized spacial score (nSPS) is 20.5. The van der Waals surface area contributed by atoms with Gasteiger partial charge in [-0.2, -0.15) is 0 Å². The molecule has 1 N–H and O–H groups in total. The molecule has 2 fully saturated rings. The van der Waals surface area contributed by atoms with Crippen molar-refractivity contribution in [3.05, 3.63) is 35.9 Å². The molecular formula is C22H35N3O. The monoisotopic (exact) mass is 357 g/mol. The van der Waals surface area contributed by atoms with Crippen LogP contribution in [-0.2, 0) is 6.42 Å². The zero-order valence-electron chi connectivity index (χ0n) is 16.5. The largest absolute Gasteiger partial charge is 0.338 e. The van der Waals surface area contributed by atoms with Gasteiger partial charge in [0.2, 0.25) is 0 Å². The van der Waals surface area contributed by atoms with Crippen LogP contribution in [0, 0.1) is 11.8 Å². The predicted octanol–water partition coefficient (Wildman–Crippen LogP) is 3.77. The van der Waals surface area contributed by atoms with Gasteiger partial charge in [-0.25, -0.2) is 4.79 Å². The van der Waals surface area contributed by atoms with Crippen LogP contribution in [0.1, 0.15) is 45.1 Å². The number of benzene rings is 1. The summed E-state index contributed by atoms with van der Waals surface area (Å²) in [5.41, 5.74) is 1.35. The minimum absolute atomic E-state index is 0.128. The fourth-order valence-electron chi connectivity index (χ4n) is 4.33. The number of hydrogen-bond donors (Lipinski definition) is 1. The smallest absolute Gasteiger partial charge is 0.317 e. The maximum Gasteiger partial charge on any atom is 0.317 e. The first-order chi connectivity index (χ1) is 12.6. The summed E-state index contributed by atoms with van der Waals surface area (Å²) in [7, 11) is 0. The lowest BCUT2D eigenvalue weighted by molar-refractivity contribution is 0.133. The summed E-state index contributed by atoms with van der Waals surface area (Å²) in [6, 6.07) is 11.4. The van der Waals surface area contributed by atoms with Crippen LogP contribution in [-0.4, -0.2) is 54.6 Å². The van der Waals surface area contributed by atoms with Crippen LogP contribution in [0.5, 0.6) is 0 Å². The van der Waals surface area contributed by atoms with Crippen molar-refractivity contribution in [3.8, 4) is 0 Å². The van der Waals surface area contributed by atoms with E-state index in [-0.39, 0.29) is 6.03 Å². The third kappa shape index (κ3) is 5.23. The number of rotatable bonds is 6. The Balaban J connectivity index is 1.43. The summed E-state index contributed by atoms with van der Waals surface area (Å²) in [5, 5.41) is 3.21. The van der Waals surface area contributed by atoms with Gasteiger partial charge in [-0.15, -0.1) is 0 Å². The molecule has 2 amide bonds. The van der Waals surface area contributed by atoms with E-state index in [1.807, 2.05) is 4.90 Å². The molecule has 1 aromatic carbocycles. The first-order valence-corrected chi connectivity index (χ1v) is 10.4. The highest BCUT2D eigenvalue weighted by Crippen LogP contribution is 2.21. The van der Waals surface area contributed by atoms with Gasteiger partial charge < -0.3 is 15.1 Å². The van der Waals surface area contributed by atoms with Crippen molar-refractivity contribution in [2.75, 3.05) is 32.7 Å². The molecule has 0 bridgehead atoms. The first-order valence-electron chi connectivity index (χ1n) is 10.4. The van der Waals surface area contributed by atoms with E-state index in [1.54, 1.807) is 0 Å². The molecule has 2 saturated heterocycles. The Morgan fingerprint density at radius 1 is 1.08 bits per heavy atom. The molecule has 0 spiro atoms. The molecule has 0 saturated carbocycles. The molecule has 1 unspecified atom stereocenters. The Labute approximate surface area is 158 Å². The summed E-state index contributed by atoms with van der Waals surface area (Å²) >= 11 is 0. The SMILES string of the molecule is CC(C)C(CNC(=O)N1CCC(N2CCCC2)CC1)Cc1ccccc1. The average Bonchev–Trinajstić information content (AvgIpc) is 3.20. The second-order valence-electron chi connectivity index (χ2n) is 8.34. The van der Waals surface area contributed by atoms with Gasteiger partial charge in [0.25, 0.3) is 0 Å². The maximum atomic E-state index is 12.6. The highest BCUT2D eigenvalue weighted by Gasteiger charge is 2.28. The number of nitrogens with one attached hydrogen (secondary N) is 1. The van der Waals surface area contributed by atoms with Crippen LogP contribution in [0.25, 0.3) is 0 Å². The maximum absolute atomic E-state index is 12.6. The van der Waals surface area contributed by atoms with Crippen molar-refractivity contribution in [2.24, 2.45) is 11.8 Å². The van der Waals surface area contributed by atoms with Crippen LogP contribution in [0.4, 0.5) is 4.79 Å². The predicted molar refractivity (Wildman–Crippen MR) is 107 cm³/mol. The molecule has 2 heterocycles. The molecule has 0 radical (unpaired) electrons. The average molecular weight is 358 g/mol. The van der Waals surface area contributed by atoms with Gasteiger partial charge in [0.05, 0.1) is 0 Å². The van der Waals surface area contributed by atoms with E-state index < -0.39 is 0 Å². The molecule has 26 heavy (non-hydrogen) atoms. The van der Waals surface area contributed by atoms with Crippen LogP contribution in [0.2, 0.25) is 0 Å². The van der Waals surface area contributed by atoms with Crippen molar-refractivity contribution < 1.29 is 4.79 Å². The third-order valence-electron chi connectivity index (χ3n) is 6.21. The van der Waals surface area contributed by atoms with Crippen molar-refractivity contribution in [3.63, 3.8) is 0 Å². The van der Waals surface area contributed by atoms with E-state index in [2.05, 4.69) is 54.4 Å². The highest BCUT2D eigenvalue weighted by molar-refractivity contribution is 5.74. The Hall–Kier alpha value is -1.55. The number of nitrogens with zero attached hydrogens (tertiary/aromatic N) is 2. The fourth-order valence-corrected chi connectivity index (χ4v) is 4.33. The van der Waals surface area contributed by atoms with E-state index in [4.69, 9.17) is 0 Å². The van der Waals surface area contributed by atoms with Gasteiger partial charge in [0.1, 0.15) is 0 Å². The minimum atomic E-state index is 0.128. The molecule has 4 nitrogen and oxygen atoms in total. The molecule has 3 rings (SSSR count). The summed E-state index contributed by atoms with van der Waals surface area (Å²) in [4.78, 5) is 17.3. The second-order valence-corrected chi connectivity index (χ2v) is 8.34. The zero-order chi connectivity index (χ0) is 18.4. The number of carbonyl (C=O) groups is 1. The molecule has 2 aliphatic rings. The van der Waals surface area contributed by atoms with E-state index >= 15 is 0 Å². The lowest BCUT2D eigenvalue weighted by atomic mass is 9.89. The van der Waals surface area contributed by atoms with Crippen LogP contribution in [0.3, 0.4) is 0 Å². The minimum Gasteiger partial charge on any atom is -0.338 e. The van der Waals surface area contributed by atoms with Gasteiger partial charge in [0, 0.05) is 25.7 Å². The topological polar surface area (TPSA) is 35.6 Å². The van der Waals surface area contributed by atoms with Crippen molar-refractivity contribution in [1.29, 1.82) is 0 Å². The summed E-state index contributed by atoms with van der Waals surface area (Å²) in [6.07, 6.45) is 5.98. The number of carbonyl (C=O) groups excluding carboxylic acids is 1. The highest BCUT2D eigenvalue weighted by atomic mass is 16.2. The number of hydrogen-bond acceptors (Lipinski definition) is 2. The van der Waals surface area contributed by atoms with Gasteiger partial charge in [-0.3, -0.25) is 0 Å². The number of likely N-dealkylation sites (tertiary alicyclic amines) is 2. The molecule has 0 aliphatic carbocycles. The van der Waals surface area contributed by atoms with Gasteiger partial charge in [0.15, 0.2) is 0 Å². The van der Waals surface area contributed by atoms with Crippen molar-refractivity contribution >= 4 is 6.03 Å². The molecular weight excluding hydrogens is 322 g/mol. The van der Waals surface area contributed by atoms with E-state index in [0.29, 0.717) is 17.9 Å². The Kier molecular flexibility index (Phi) is 6.95. The molecule has 2 aliphatic heterocycles. The Bertz CT molecular complexity index is 546. The summed E-state index contributed by atoms with van der Waals surface area (Å²) in [6.45, 7) is 9.58. The number of piperidine rings is 1. The third-order valence-corrected chi connectivity index (χ3v) is 6.21. The second kappa shape index (κ2) is 9.40. The molecule has 0 aromatic heterocycles. The summed E-state index contributed by atoms with van der Waals surface area (Å²) in [5.74, 6) is 1.03. The molecule has 144 valence electrons. The van der Waals surface area contributed by atoms with Gasteiger partial charge in [-0.1, -0.05) is 44.2 Å². The van der Waals surface area contributed by atoms with E-state index in [1.165, 1.54) is 31.5 Å². The van der Waals surface area contributed by atoms with Crippen LogP contribution in [0.15, 0.2) is 30.3 Å². The van der Waals surface area contributed by atoms with Gasteiger partial charge in [-0.05, 0) is 62.6 Å². The van der Waals surface area contributed by atoms with Crippen LogP contribution < -0.4 is 5.32 Å². The molecule has 1 aromatic rings. The molecule has 4 heteroatoms. The number of amides is 2. The Morgan fingerprint density at radius 3 is 2.35 bits per heavy atom. The zero-order valence-corrected chi connectivity index (χ0v) is 16.5. The fraction of sp³-hybridized carbons (Fsp3) is 0.682. The Morgan fingerprint density at radius 2 is 1.73 bits per heavy atom. The van der Waals surface area contributed by atoms with Crippen molar-refractivity contribution in [2.45, 2.75) is 52.0 Å². The van der Waals surface area contributed by atoms with E-state index in [9.17, 15) is 4.79 Å². The standard InChI is InChI=1S/C22H35N3O/c1-18(2)20(16-19-8-4-3-5-9-19)17-23-22(26)25-14-10-21(11-15-25)24-12-6-7-13-24/h3-5,8-9,18,20-21H,6-7,10-17H2,1-2H3,(H,23,26). The van der Waals surface area contributed by atoms with Gasteiger partial charge >= 0.3 is 6.03 Å². The van der Waals surface area contributed by atoms with Crippen LogP contribution >= 0.6 is 0 Å². The van der Waals surface area contributed by atoms with E-state index in [0.717, 1.165) is 38.9 Å². The lowest BCUT2D eigenvalue weighted by Crippen LogP contribution is -2.50. The first kappa shape index (κ1) is 19.2. The van der Waals surface area contributed by atoms with Crippen molar-refractivity contribution in [1.82, 2.24) is 15.1 Å². The lowest BCUT2D eigenvalue weighted by Gasteiger charge is -2.37. The number of urea groups is 1. The quantitative estimate of drug-likeness (QED) is 0.841. The molecule has 1 atom stereocenters. The summed E-state index contributed by atoms with van der Waals surface area (Å²) < 4.78 is 0.